The van der Waals surface area contributed by atoms with Crippen molar-refractivity contribution in [3.05, 3.63) is 28.8 Å². The highest BCUT2D eigenvalue weighted by atomic mass is 35.5. The minimum atomic E-state index is 0.427. The van der Waals surface area contributed by atoms with Crippen molar-refractivity contribution in [3.8, 4) is 5.75 Å². The summed E-state index contributed by atoms with van der Waals surface area (Å²) < 4.78 is 11.4. The van der Waals surface area contributed by atoms with Crippen LogP contribution in [0.4, 0.5) is 0 Å². The minimum absolute atomic E-state index is 0.427. The van der Waals surface area contributed by atoms with Gasteiger partial charge in [-0.25, -0.2) is 0 Å². The molecule has 1 rings (SSSR count). The molecule has 4 heteroatoms. The van der Waals surface area contributed by atoms with Crippen LogP contribution in [0.3, 0.4) is 0 Å². The fourth-order valence-corrected chi connectivity index (χ4v) is 2.04. The van der Waals surface area contributed by atoms with Gasteiger partial charge in [-0.2, -0.15) is 0 Å². The molecule has 3 nitrogen and oxygen atoms in total. The molecule has 0 heterocycles. The summed E-state index contributed by atoms with van der Waals surface area (Å²) in [7, 11) is 0. The summed E-state index contributed by atoms with van der Waals surface area (Å²) in [4.78, 5) is 0. The predicted molar refractivity (Wildman–Crippen MR) is 89.2 cm³/mol. The molecule has 0 radical (unpaired) electrons. The highest BCUT2D eigenvalue weighted by Gasteiger charge is 2.08. The number of benzene rings is 1. The third-order valence-corrected chi connectivity index (χ3v) is 3.36. The van der Waals surface area contributed by atoms with E-state index in [9.17, 15) is 0 Å². The van der Waals surface area contributed by atoms with Gasteiger partial charge in [-0.3, -0.25) is 0 Å². The summed E-state index contributed by atoms with van der Waals surface area (Å²) in [5.74, 6) is 1.43. The third-order valence-electron chi connectivity index (χ3n) is 3.06. The van der Waals surface area contributed by atoms with Crippen LogP contribution in [0.25, 0.3) is 0 Å². The largest absolute Gasteiger partial charge is 0.489 e. The zero-order valence-corrected chi connectivity index (χ0v) is 14.4. The summed E-state index contributed by atoms with van der Waals surface area (Å²) in [6.45, 7) is 11.3. The van der Waals surface area contributed by atoms with Gasteiger partial charge in [0.15, 0.2) is 0 Å². The molecule has 0 atom stereocenters. The van der Waals surface area contributed by atoms with Crippen LogP contribution < -0.4 is 10.1 Å². The van der Waals surface area contributed by atoms with E-state index in [-0.39, 0.29) is 0 Å². The molecule has 1 aromatic rings. The van der Waals surface area contributed by atoms with Crippen LogP contribution in [0.15, 0.2) is 18.2 Å². The Bertz CT molecular complexity index is 408. The third kappa shape index (κ3) is 7.70. The zero-order chi connectivity index (χ0) is 15.7. The first kappa shape index (κ1) is 18.3. The number of ether oxygens (including phenoxy) is 2. The molecule has 0 saturated carbocycles. The number of hydrogen-bond donors (Lipinski definition) is 1. The van der Waals surface area contributed by atoms with E-state index in [4.69, 9.17) is 21.1 Å². The number of halogens is 1. The highest BCUT2D eigenvalue weighted by Crippen LogP contribution is 2.28. The summed E-state index contributed by atoms with van der Waals surface area (Å²) in [5.41, 5.74) is 1.08. The summed E-state index contributed by atoms with van der Waals surface area (Å²) in [6, 6.07) is 6.27. The van der Waals surface area contributed by atoms with Gasteiger partial charge in [-0.1, -0.05) is 51.4 Å². The van der Waals surface area contributed by atoms with E-state index in [1.54, 1.807) is 0 Å². The fourth-order valence-electron chi connectivity index (χ4n) is 1.79. The smallest absolute Gasteiger partial charge is 0.142 e. The Morgan fingerprint density at radius 2 is 1.86 bits per heavy atom. The van der Waals surface area contributed by atoms with Crippen molar-refractivity contribution < 1.29 is 9.47 Å². The molecule has 0 unspecified atom stereocenters. The topological polar surface area (TPSA) is 30.5 Å². The van der Waals surface area contributed by atoms with E-state index in [2.05, 4.69) is 33.0 Å². The Morgan fingerprint density at radius 1 is 1.10 bits per heavy atom. The standard InChI is InChI=1S/C17H28ClNO2/c1-13(2)8-9-20-10-11-21-17-15(12-19-14(3)4)6-5-7-16(17)18/h5-7,13-14,19H,8-12H2,1-4H3. The van der Waals surface area contributed by atoms with Crippen molar-refractivity contribution in [3.63, 3.8) is 0 Å². The lowest BCUT2D eigenvalue weighted by atomic mass is 10.1. The van der Waals surface area contributed by atoms with Crippen LogP contribution in [0, 0.1) is 5.92 Å². The normalized spacial score (nSPS) is 11.4. The summed E-state index contributed by atoms with van der Waals surface area (Å²) in [6.07, 6.45) is 1.08. The van der Waals surface area contributed by atoms with Crippen LogP contribution in [-0.4, -0.2) is 25.9 Å². The van der Waals surface area contributed by atoms with Crippen LogP contribution in [0.2, 0.25) is 5.02 Å². The number of hydrogen-bond acceptors (Lipinski definition) is 3. The van der Waals surface area contributed by atoms with Gasteiger partial charge in [0.1, 0.15) is 12.4 Å². The number of nitrogens with one attached hydrogen (secondary N) is 1. The second-order valence-electron chi connectivity index (χ2n) is 5.91. The Morgan fingerprint density at radius 3 is 2.52 bits per heavy atom. The lowest BCUT2D eigenvalue weighted by molar-refractivity contribution is 0.0922. The lowest BCUT2D eigenvalue weighted by Crippen LogP contribution is -2.22. The van der Waals surface area contributed by atoms with Crippen molar-refractivity contribution in [2.75, 3.05) is 19.8 Å². The molecule has 0 fully saturated rings. The van der Waals surface area contributed by atoms with Crippen molar-refractivity contribution in [1.82, 2.24) is 5.32 Å². The Hall–Kier alpha value is -0.770. The molecule has 0 bridgehead atoms. The van der Waals surface area contributed by atoms with E-state index in [1.807, 2.05) is 18.2 Å². The SMILES string of the molecule is CC(C)CCOCCOc1c(Cl)cccc1CNC(C)C. The molecule has 0 saturated heterocycles. The maximum absolute atomic E-state index is 6.23. The van der Waals surface area contributed by atoms with Crippen LogP contribution >= 0.6 is 11.6 Å². The van der Waals surface area contributed by atoms with Gasteiger partial charge in [0.05, 0.1) is 11.6 Å². The van der Waals surface area contributed by atoms with E-state index in [0.717, 1.165) is 30.9 Å². The minimum Gasteiger partial charge on any atom is -0.489 e. The first-order valence-electron chi connectivity index (χ1n) is 7.72. The van der Waals surface area contributed by atoms with E-state index in [1.165, 1.54) is 0 Å². The number of para-hydroxylation sites is 1. The number of rotatable bonds is 10. The molecule has 0 aliphatic heterocycles. The quantitative estimate of drug-likeness (QED) is 0.654. The van der Waals surface area contributed by atoms with Gasteiger partial charge in [0.2, 0.25) is 0 Å². The molecular formula is C17H28ClNO2. The average Bonchev–Trinajstić information content (AvgIpc) is 2.41. The molecule has 0 spiro atoms. The fraction of sp³-hybridized carbons (Fsp3) is 0.647. The zero-order valence-electron chi connectivity index (χ0n) is 13.6. The maximum Gasteiger partial charge on any atom is 0.142 e. The van der Waals surface area contributed by atoms with Gasteiger partial charge in [0.25, 0.3) is 0 Å². The van der Waals surface area contributed by atoms with Crippen LogP contribution in [-0.2, 0) is 11.3 Å². The molecule has 0 amide bonds. The van der Waals surface area contributed by atoms with E-state index in [0.29, 0.717) is 30.2 Å². The molecule has 21 heavy (non-hydrogen) atoms. The first-order valence-corrected chi connectivity index (χ1v) is 8.09. The average molecular weight is 314 g/mol. The van der Waals surface area contributed by atoms with Crippen molar-refractivity contribution >= 4 is 11.6 Å². The Labute approximate surface area is 134 Å². The molecule has 0 aliphatic carbocycles. The second kappa shape index (κ2) is 10.0. The Kier molecular flexibility index (Phi) is 8.74. The highest BCUT2D eigenvalue weighted by molar-refractivity contribution is 6.32. The van der Waals surface area contributed by atoms with Gasteiger partial charge < -0.3 is 14.8 Å². The predicted octanol–water partition coefficient (Wildman–Crippen LogP) is 4.28. The van der Waals surface area contributed by atoms with Crippen molar-refractivity contribution in [2.45, 2.75) is 46.7 Å². The van der Waals surface area contributed by atoms with E-state index >= 15 is 0 Å². The van der Waals surface area contributed by atoms with Gasteiger partial charge >= 0.3 is 0 Å². The lowest BCUT2D eigenvalue weighted by Gasteiger charge is -2.15. The molecule has 1 N–H and O–H groups in total. The van der Waals surface area contributed by atoms with Crippen molar-refractivity contribution in [2.24, 2.45) is 5.92 Å². The van der Waals surface area contributed by atoms with Crippen LogP contribution in [0.5, 0.6) is 5.75 Å². The molecular weight excluding hydrogens is 286 g/mol. The van der Waals surface area contributed by atoms with Crippen LogP contribution in [0.1, 0.15) is 39.7 Å². The Balaban J connectivity index is 2.42. The summed E-state index contributed by atoms with van der Waals surface area (Å²) in [5, 5.41) is 4.04. The molecule has 120 valence electrons. The van der Waals surface area contributed by atoms with Gasteiger partial charge in [-0.15, -0.1) is 0 Å². The summed E-state index contributed by atoms with van der Waals surface area (Å²) >= 11 is 6.23. The van der Waals surface area contributed by atoms with Crippen molar-refractivity contribution in [1.29, 1.82) is 0 Å². The first-order chi connectivity index (χ1) is 10.0. The molecule has 1 aromatic carbocycles. The maximum atomic E-state index is 6.23. The van der Waals surface area contributed by atoms with Gasteiger partial charge in [-0.05, 0) is 18.4 Å². The molecule has 0 aromatic heterocycles. The van der Waals surface area contributed by atoms with Gasteiger partial charge in [0, 0.05) is 24.8 Å². The van der Waals surface area contributed by atoms with E-state index < -0.39 is 0 Å². The monoisotopic (exact) mass is 313 g/mol. The molecule has 0 aliphatic rings. The second-order valence-corrected chi connectivity index (χ2v) is 6.31.